The molecule has 0 fully saturated rings. The molecule has 0 N–H and O–H groups in total. The van der Waals surface area contributed by atoms with Gasteiger partial charge in [0.05, 0.1) is 13.0 Å². The molecule has 0 heterocycles. The summed E-state index contributed by atoms with van der Waals surface area (Å²) < 4.78 is 5.64. The van der Waals surface area contributed by atoms with Crippen LogP contribution in [0, 0.1) is 0 Å². The van der Waals surface area contributed by atoms with E-state index in [-0.39, 0.29) is 5.91 Å². The lowest BCUT2D eigenvalue weighted by Crippen LogP contribution is -2.33. The number of ether oxygens (including phenoxy) is 1. The molecule has 0 aliphatic heterocycles. The quantitative estimate of drug-likeness (QED) is 0.288. The summed E-state index contributed by atoms with van der Waals surface area (Å²) in [6.45, 7) is 9.93. The number of carbonyl (C=O) groups is 1. The van der Waals surface area contributed by atoms with E-state index in [9.17, 15) is 4.79 Å². The van der Waals surface area contributed by atoms with Crippen LogP contribution in [-0.2, 0) is 9.53 Å². The minimum Gasteiger partial charge on any atom is -0.381 e. The molecule has 1 amide bonds. The van der Waals surface area contributed by atoms with Crippen LogP contribution in [0.2, 0.25) is 0 Å². The molecule has 24 heavy (non-hydrogen) atoms. The summed E-state index contributed by atoms with van der Waals surface area (Å²) in [5.41, 5.74) is 0. The van der Waals surface area contributed by atoms with Crippen LogP contribution < -0.4 is 0 Å². The molecule has 0 unspecified atom stereocenters. The second-order valence-electron chi connectivity index (χ2n) is 6.93. The Hall–Kier alpha value is -0.570. The zero-order valence-corrected chi connectivity index (χ0v) is 16.8. The smallest absolute Gasteiger partial charge is 0.224 e. The first-order valence-corrected chi connectivity index (χ1v) is 10.6. The highest BCUT2D eigenvalue weighted by Gasteiger charge is 2.12. The van der Waals surface area contributed by atoms with Gasteiger partial charge in [0.25, 0.3) is 0 Å². The summed E-state index contributed by atoms with van der Waals surface area (Å²) >= 11 is 0. The van der Waals surface area contributed by atoms with E-state index in [1.165, 1.54) is 57.8 Å². The standard InChI is InChI=1S/C21H43NO2/c1-4-7-10-13-17-22(18-14-11-8-5-2)21(23)16-20-24-19-15-12-9-6-3/h4-20H2,1-3H3. The van der Waals surface area contributed by atoms with Crippen LogP contribution in [0.1, 0.15) is 104 Å². The molecular weight excluding hydrogens is 298 g/mol. The SMILES string of the molecule is CCCCCCOCCC(=O)N(CCCCCC)CCCCCC. The third-order valence-corrected chi connectivity index (χ3v) is 4.52. The van der Waals surface area contributed by atoms with E-state index >= 15 is 0 Å². The van der Waals surface area contributed by atoms with Crippen LogP contribution in [0.4, 0.5) is 0 Å². The predicted octanol–water partition coefficient (Wildman–Crippen LogP) is 5.96. The fourth-order valence-corrected chi connectivity index (χ4v) is 2.87. The number of amides is 1. The summed E-state index contributed by atoms with van der Waals surface area (Å²) in [5.74, 6) is 0.288. The summed E-state index contributed by atoms with van der Waals surface area (Å²) in [4.78, 5) is 14.5. The molecule has 3 nitrogen and oxygen atoms in total. The maximum absolute atomic E-state index is 12.5. The lowest BCUT2D eigenvalue weighted by atomic mass is 10.1. The molecule has 0 saturated heterocycles. The van der Waals surface area contributed by atoms with Gasteiger partial charge in [-0.15, -0.1) is 0 Å². The van der Waals surface area contributed by atoms with Crippen molar-refractivity contribution in [2.75, 3.05) is 26.3 Å². The average Bonchev–Trinajstić information content (AvgIpc) is 2.59. The van der Waals surface area contributed by atoms with Gasteiger partial charge in [0.2, 0.25) is 5.91 Å². The highest BCUT2D eigenvalue weighted by molar-refractivity contribution is 5.76. The van der Waals surface area contributed by atoms with Crippen LogP contribution in [-0.4, -0.2) is 37.1 Å². The van der Waals surface area contributed by atoms with Gasteiger partial charge in [-0.3, -0.25) is 4.79 Å². The van der Waals surface area contributed by atoms with Gasteiger partial charge in [-0.25, -0.2) is 0 Å². The van der Waals surface area contributed by atoms with Crippen molar-refractivity contribution in [2.45, 2.75) is 104 Å². The highest BCUT2D eigenvalue weighted by Crippen LogP contribution is 2.07. The summed E-state index contributed by atoms with van der Waals surface area (Å²) in [7, 11) is 0. The summed E-state index contributed by atoms with van der Waals surface area (Å²) in [6.07, 6.45) is 15.3. The number of hydrogen-bond acceptors (Lipinski definition) is 2. The van der Waals surface area contributed by atoms with Gasteiger partial charge < -0.3 is 9.64 Å². The number of hydrogen-bond donors (Lipinski definition) is 0. The van der Waals surface area contributed by atoms with E-state index in [1.807, 2.05) is 0 Å². The maximum Gasteiger partial charge on any atom is 0.224 e. The Kier molecular flexibility index (Phi) is 18.3. The molecule has 0 aromatic heterocycles. The normalized spacial score (nSPS) is 11.0. The Morgan fingerprint density at radius 2 is 1.17 bits per heavy atom. The van der Waals surface area contributed by atoms with Crippen molar-refractivity contribution in [1.82, 2.24) is 4.90 Å². The number of nitrogens with zero attached hydrogens (tertiary/aromatic N) is 1. The van der Waals surface area contributed by atoms with Crippen molar-refractivity contribution in [1.29, 1.82) is 0 Å². The van der Waals surface area contributed by atoms with Gasteiger partial charge in [0.1, 0.15) is 0 Å². The summed E-state index contributed by atoms with van der Waals surface area (Å²) in [6, 6.07) is 0. The monoisotopic (exact) mass is 341 g/mol. The molecule has 0 aliphatic rings. The second kappa shape index (κ2) is 18.8. The summed E-state index contributed by atoms with van der Waals surface area (Å²) in [5, 5.41) is 0. The van der Waals surface area contributed by atoms with Crippen molar-refractivity contribution in [3.8, 4) is 0 Å². The lowest BCUT2D eigenvalue weighted by molar-refractivity contribution is -0.132. The fourth-order valence-electron chi connectivity index (χ4n) is 2.87. The molecule has 0 aliphatic carbocycles. The number of unbranched alkanes of at least 4 members (excludes halogenated alkanes) is 9. The van der Waals surface area contributed by atoms with Crippen LogP contribution in [0.3, 0.4) is 0 Å². The predicted molar refractivity (Wildman–Crippen MR) is 104 cm³/mol. The molecule has 3 heteroatoms. The van der Waals surface area contributed by atoms with Crippen molar-refractivity contribution in [2.24, 2.45) is 0 Å². The van der Waals surface area contributed by atoms with Crippen LogP contribution in [0.25, 0.3) is 0 Å². The van der Waals surface area contributed by atoms with Crippen molar-refractivity contribution in [3.05, 3.63) is 0 Å². The van der Waals surface area contributed by atoms with Gasteiger partial charge in [0.15, 0.2) is 0 Å². The Morgan fingerprint density at radius 1 is 0.667 bits per heavy atom. The Bertz CT molecular complexity index is 257. The Labute approximate surface area is 151 Å². The van der Waals surface area contributed by atoms with E-state index in [4.69, 9.17) is 4.74 Å². The molecule has 0 spiro atoms. The van der Waals surface area contributed by atoms with E-state index < -0.39 is 0 Å². The van der Waals surface area contributed by atoms with Crippen molar-refractivity contribution < 1.29 is 9.53 Å². The molecule has 0 aromatic carbocycles. The molecule has 0 atom stereocenters. The Balaban J connectivity index is 3.92. The third-order valence-electron chi connectivity index (χ3n) is 4.52. The molecule has 0 radical (unpaired) electrons. The molecule has 144 valence electrons. The van der Waals surface area contributed by atoms with Crippen LogP contribution >= 0.6 is 0 Å². The molecule has 0 bridgehead atoms. The van der Waals surface area contributed by atoms with E-state index in [2.05, 4.69) is 25.7 Å². The molecule has 0 rings (SSSR count). The molecule has 0 saturated carbocycles. The van der Waals surface area contributed by atoms with Gasteiger partial charge in [-0.1, -0.05) is 78.6 Å². The van der Waals surface area contributed by atoms with E-state index in [0.717, 1.165) is 39.0 Å². The first kappa shape index (κ1) is 23.4. The van der Waals surface area contributed by atoms with Gasteiger partial charge in [-0.05, 0) is 19.3 Å². The Morgan fingerprint density at radius 3 is 1.67 bits per heavy atom. The van der Waals surface area contributed by atoms with Gasteiger partial charge >= 0.3 is 0 Å². The van der Waals surface area contributed by atoms with Crippen molar-refractivity contribution >= 4 is 5.91 Å². The molecular formula is C21H43NO2. The zero-order chi connectivity index (χ0) is 17.9. The second-order valence-corrected chi connectivity index (χ2v) is 6.93. The number of rotatable bonds is 18. The van der Waals surface area contributed by atoms with Gasteiger partial charge in [-0.2, -0.15) is 0 Å². The number of carbonyl (C=O) groups excluding carboxylic acids is 1. The average molecular weight is 342 g/mol. The zero-order valence-electron chi connectivity index (χ0n) is 16.8. The van der Waals surface area contributed by atoms with Crippen LogP contribution in [0.15, 0.2) is 0 Å². The minimum atomic E-state index is 0.288. The largest absolute Gasteiger partial charge is 0.381 e. The highest BCUT2D eigenvalue weighted by atomic mass is 16.5. The maximum atomic E-state index is 12.5. The fraction of sp³-hybridized carbons (Fsp3) is 0.952. The van der Waals surface area contributed by atoms with E-state index in [1.54, 1.807) is 0 Å². The lowest BCUT2D eigenvalue weighted by Gasteiger charge is -2.23. The molecule has 0 aromatic rings. The topological polar surface area (TPSA) is 29.5 Å². The van der Waals surface area contributed by atoms with E-state index in [0.29, 0.717) is 13.0 Å². The first-order valence-electron chi connectivity index (χ1n) is 10.6. The minimum absolute atomic E-state index is 0.288. The van der Waals surface area contributed by atoms with Gasteiger partial charge in [0, 0.05) is 19.7 Å². The van der Waals surface area contributed by atoms with Crippen molar-refractivity contribution in [3.63, 3.8) is 0 Å². The first-order chi connectivity index (χ1) is 11.8. The third kappa shape index (κ3) is 15.0. The van der Waals surface area contributed by atoms with Crippen LogP contribution in [0.5, 0.6) is 0 Å².